The van der Waals surface area contributed by atoms with Gasteiger partial charge in [0.15, 0.2) is 11.4 Å². The Balaban J connectivity index is 0.00000316. The van der Waals surface area contributed by atoms with Crippen LogP contribution >= 0.6 is 0 Å². The van der Waals surface area contributed by atoms with Crippen LogP contribution in [0.15, 0.2) is 36.4 Å². The Kier molecular flexibility index (Phi) is 14.3. The fourth-order valence-electron chi connectivity index (χ4n) is 4.13. The molecule has 0 aromatic heterocycles. The summed E-state index contributed by atoms with van der Waals surface area (Å²) in [5.74, 6) is -0.579. The number of ether oxygens (including phenoxy) is 3. The summed E-state index contributed by atoms with van der Waals surface area (Å²) >= 11 is 0. The zero-order valence-corrected chi connectivity index (χ0v) is 24.1. The van der Waals surface area contributed by atoms with E-state index in [9.17, 15) is 29.8 Å². The third-order valence-electron chi connectivity index (χ3n) is 6.16. The highest BCUT2D eigenvalue weighted by atomic mass is 16.6. The molecule has 1 heterocycles. The van der Waals surface area contributed by atoms with Gasteiger partial charge in [-0.05, 0) is 25.6 Å². The number of nitrogens with one attached hydrogen (secondary N) is 2. The number of morpholine rings is 1. The molecule has 16 nitrogen and oxygen atoms in total. The number of nitro benzene ring substituents is 2. The van der Waals surface area contributed by atoms with Gasteiger partial charge in [-0.25, -0.2) is 0 Å². The first-order valence-electron chi connectivity index (χ1n) is 13.3. The van der Waals surface area contributed by atoms with Crippen LogP contribution in [0.25, 0.3) is 0 Å². The molecule has 1 fully saturated rings. The highest BCUT2D eigenvalue weighted by molar-refractivity contribution is 5.95. The number of hydrogen-bond acceptors (Lipinski definition) is 13. The van der Waals surface area contributed by atoms with Gasteiger partial charge in [-0.3, -0.25) is 34.7 Å². The molecule has 6 N–H and O–H groups in total. The smallest absolute Gasteiger partial charge is 0.296 e. The van der Waals surface area contributed by atoms with Crippen molar-refractivity contribution in [2.45, 2.75) is 6.42 Å². The summed E-state index contributed by atoms with van der Waals surface area (Å²) in [7, 11) is 2.81. The number of nitrogens with zero attached hydrogens (tertiary/aromatic N) is 3. The minimum Gasteiger partial charge on any atom is -0.494 e. The minimum absolute atomic E-state index is 0.0629. The lowest BCUT2D eigenvalue weighted by atomic mass is 10.1. The summed E-state index contributed by atoms with van der Waals surface area (Å²) in [5.41, 5.74) is 9.30. The number of methoxy groups -OCH3 is 1. The molecule has 0 spiro atoms. The van der Waals surface area contributed by atoms with Gasteiger partial charge in [-0.2, -0.15) is 0 Å². The average Bonchev–Trinajstić information content (AvgIpc) is 3.01. The molecule has 3 rings (SSSR count). The van der Waals surface area contributed by atoms with E-state index in [2.05, 4.69) is 21.3 Å². The number of nitrogens with two attached hydrogens (primary N) is 2. The van der Waals surface area contributed by atoms with Crippen LogP contribution in [-0.2, 0) is 4.74 Å². The van der Waals surface area contributed by atoms with Crippen molar-refractivity contribution >= 4 is 34.9 Å². The van der Waals surface area contributed by atoms with Crippen LogP contribution in [0.1, 0.15) is 27.1 Å². The standard InChI is InChI=1S/C26H32N6O9.CH5N/c1-39-22-16-19(26(27)34)15-21(32(37)38)24(22)28-5-2-3-6-29-25-20(31(35)36)13-18(17-33)14-23(25)41-10-4-7-30-8-11-40-12-9-30;1-2/h2-3,13-17,28-29H,4-12H2,1H3,(H2,27,34);2H2,1H3/b3-2+;. The van der Waals surface area contributed by atoms with Crippen LogP contribution < -0.4 is 31.6 Å². The number of amides is 1. The van der Waals surface area contributed by atoms with Gasteiger partial charge in [0.1, 0.15) is 17.8 Å². The molecule has 0 unspecified atom stereocenters. The number of primary amides is 1. The third kappa shape index (κ3) is 10.2. The SMILES string of the molecule is CN.COc1cc(C(N)=O)cc([N+](=O)[O-])c1NC/C=C/CNc1c(OCCCN2CCOCC2)cc(C=O)cc1[N+](=O)[O-]. The van der Waals surface area contributed by atoms with Crippen LogP contribution in [0.2, 0.25) is 0 Å². The summed E-state index contributed by atoms with van der Waals surface area (Å²) in [6.45, 7) is 4.37. The Labute approximate surface area is 248 Å². The van der Waals surface area contributed by atoms with Gasteiger partial charge in [0.25, 0.3) is 11.4 Å². The lowest BCUT2D eigenvalue weighted by Crippen LogP contribution is -2.37. The number of hydrogen-bond donors (Lipinski definition) is 4. The summed E-state index contributed by atoms with van der Waals surface area (Å²) in [4.78, 5) is 47.1. The van der Waals surface area contributed by atoms with Crippen molar-refractivity contribution in [3.8, 4) is 11.5 Å². The quantitative estimate of drug-likeness (QED) is 0.0710. The van der Waals surface area contributed by atoms with Crippen LogP contribution in [0.3, 0.4) is 0 Å². The van der Waals surface area contributed by atoms with Crippen molar-refractivity contribution in [1.82, 2.24) is 4.90 Å². The predicted molar refractivity (Wildman–Crippen MR) is 160 cm³/mol. The monoisotopic (exact) mass is 603 g/mol. The molecule has 2 aromatic rings. The first-order valence-corrected chi connectivity index (χ1v) is 13.3. The molecule has 1 aliphatic heterocycles. The van der Waals surface area contributed by atoms with Gasteiger partial charge in [0.2, 0.25) is 5.91 Å². The summed E-state index contributed by atoms with van der Waals surface area (Å²) in [6, 6.07) is 4.97. The largest absolute Gasteiger partial charge is 0.494 e. The summed E-state index contributed by atoms with van der Waals surface area (Å²) < 4.78 is 16.4. The second kappa shape index (κ2) is 17.9. The number of benzene rings is 2. The molecule has 2 aromatic carbocycles. The molecule has 16 heteroatoms. The van der Waals surface area contributed by atoms with Crippen molar-refractivity contribution in [3.63, 3.8) is 0 Å². The second-order valence-corrected chi connectivity index (χ2v) is 8.87. The molecule has 0 atom stereocenters. The number of anilines is 2. The van der Waals surface area contributed by atoms with Gasteiger partial charge >= 0.3 is 0 Å². The Morgan fingerprint density at radius 3 is 2.12 bits per heavy atom. The highest BCUT2D eigenvalue weighted by Gasteiger charge is 2.23. The molecule has 0 saturated carbocycles. The molecule has 1 aliphatic rings. The number of carbonyl (C=O) groups excluding carboxylic acids is 2. The van der Waals surface area contributed by atoms with E-state index in [1.165, 1.54) is 32.4 Å². The predicted octanol–water partition coefficient (Wildman–Crippen LogP) is 2.18. The molecular formula is C27H37N7O9. The topological polar surface area (TPSA) is 227 Å². The molecule has 0 aliphatic carbocycles. The van der Waals surface area contributed by atoms with E-state index in [1.54, 1.807) is 12.2 Å². The number of carbonyl (C=O) groups is 2. The van der Waals surface area contributed by atoms with E-state index in [1.807, 2.05) is 0 Å². The van der Waals surface area contributed by atoms with E-state index in [-0.39, 0.29) is 58.5 Å². The number of rotatable bonds is 16. The van der Waals surface area contributed by atoms with E-state index in [0.717, 1.165) is 25.7 Å². The third-order valence-corrected chi connectivity index (χ3v) is 6.16. The fourth-order valence-corrected chi connectivity index (χ4v) is 4.13. The lowest BCUT2D eigenvalue weighted by molar-refractivity contribution is -0.384. The molecule has 1 saturated heterocycles. The van der Waals surface area contributed by atoms with Crippen molar-refractivity contribution in [1.29, 1.82) is 0 Å². The molecule has 43 heavy (non-hydrogen) atoms. The van der Waals surface area contributed by atoms with Gasteiger partial charge in [0.05, 0.1) is 36.8 Å². The van der Waals surface area contributed by atoms with Gasteiger partial charge in [0, 0.05) is 56.0 Å². The van der Waals surface area contributed by atoms with E-state index < -0.39 is 15.8 Å². The van der Waals surface area contributed by atoms with Crippen LogP contribution in [0.5, 0.6) is 11.5 Å². The van der Waals surface area contributed by atoms with Crippen molar-refractivity contribution in [2.24, 2.45) is 11.5 Å². The summed E-state index contributed by atoms with van der Waals surface area (Å²) in [6.07, 6.45) is 4.50. The van der Waals surface area contributed by atoms with Crippen LogP contribution in [0.4, 0.5) is 22.7 Å². The van der Waals surface area contributed by atoms with Crippen LogP contribution in [-0.4, -0.2) is 93.6 Å². The average molecular weight is 604 g/mol. The Bertz CT molecular complexity index is 1300. The lowest BCUT2D eigenvalue weighted by Gasteiger charge is -2.26. The maximum absolute atomic E-state index is 11.7. The van der Waals surface area contributed by atoms with Crippen LogP contribution in [0, 0.1) is 20.2 Å². The molecule has 234 valence electrons. The van der Waals surface area contributed by atoms with E-state index in [4.69, 9.17) is 19.9 Å². The van der Waals surface area contributed by atoms with Crippen molar-refractivity contribution in [2.75, 3.05) is 77.3 Å². The van der Waals surface area contributed by atoms with Gasteiger partial charge < -0.3 is 36.3 Å². The zero-order chi connectivity index (χ0) is 31.8. The minimum atomic E-state index is -0.834. The van der Waals surface area contributed by atoms with Crippen molar-refractivity contribution < 1.29 is 33.6 Å². The van der Waals surface area contributed by atoms with Gasteiger partial charge in [-0.1, -0.05) is 12.2 Å². The van der Waals surface area contributed by atoms with E-state index >= 15 is 0 Å². The fraction of sp³-hybridized carbons (Fsp3) is 0.407. The summed E-state index contributed by atoms with van der Waals surface area (Å²) in [5, 5.41) is 29.1. The zero-order valence-electron chi connectivity index (χ0n) is 24.1. The maximum atomic E-state index is 11.7. The normalized spacial score (nSPS) is 13.0. The maximum Gasteiger partial charge on any atom is 0.296 e. The second-order valence-electron chi connectivity index (χ2n) is 8.87. The highest BCUT2D eigenvalue weighted by Crippen LogP contribution is 2.37. The number of nitro groups is 2. The first kappa shape index (κ1) is 34.4. The molecular weight excluding hydrogens is 566 g/mol. The van der Waals surface area contributed by atoms with Gasteiger partial charge in [-0.15, -0.1) is 0 Å². The van der Waals surface area contributed by atoms with Crippen molar-refractivity contribution in [3.05, 3.63) is 67.8 Å². The Morgan fingerprint density at radius 1 is 1.00 bits per heavy atom. The Morgan fingerprint density at radius 2 is 1.58 bits per heavy atom. The first-order chi connectivity index (χ1) is 20.7. The Hall–Kier alpha value is -4.80. The number of aldehydes is 1. The molecule has 0 bridgehead atoms. The molecule has 0 radical (unpaired) electrons. The molecule has 1 amide bonds. The van der Waals surface area contributed by atoms with E-state index in [0.29, 0.717) is 32.5 Å².